The number of amides is 4. The second-order valence-corrected chi connectivity index (χ2v) is 5.76. The van der Waals surface area contributed by atoms with E-state index in [1.54, 1.807) is 6.07 Å². The molecule has 5 N–H and O–H groups in total. The number of urea groups is 1. The standard InChI is InChI=1S/C18H18N4O5/c19-18(25)20-13(8-11-4-2-1-3-5-11)17(24)22-21-16(23)12-6-7-14-15(9-12)27-10-26-14/h1-7,9,13H,8,10H2,(H,21,23)(H,22,24)(H3,19,20,25)/t13-/m0/s1. The van der Waals surface area contributed by atoms with Crippen LogP contribution in [0.3, 0.4) is 0 Å². The second kappa shape index (κ2) is 8.09. The molecule has 0 saturated heterocycles. The first-order valence-corrected chi connectivity index (χ1v) is 8.12. The van der Waals surface area contributed by atoms with Crippen molar-refractivity contribution in [2.24, 2.45) is 5.73 Å². The molecule has 1 aliphatic rings. The van der Waals surface area contributed by atoms with Gasteiger partial charge in [0.25, 0.3) is 11.8 Å². The summed E-state index contributed by atoms with van der Waals surface area (Å²) in [4.78, 5) is 35.8. The lowest BCUT2D eigenvalue weighted by atomic mass is 10.1. The van der Waals surface area contributed by atoms with E-state index in [4.69, 9.17) is 15.2 Å². The smallest absolute Gasteiger partial charge is 0.312 e. The van der Waals surface area contributed by atoms with Gasteiger partial charge in [-0.15, -0.1) is 0 Å². The Morgan fingerprint density at radius 1 is 1.00 bits per heavy atom. The fourth-order valence-electron chi connectivity index (χ4n) is 2.55. The molecular formula is C18H18N4O5. The van der Waals surface area contributed by atoms with Gasteiger partial charge in [0.2, 0.25) is 6.79 Å². The molecule has 27 heavy (non-hydrogen) atoms. The number of hydrazine groups is 1. The van der Waals surface area contributed by atoms with Crippen LogP contribution in [0.2, 0.25) is 0 Å². The fraction of sp³-hybridized carbons (Fsp3) is 0.167. The van der Waals surface area contributed by atoms with Crippen LogP contribution in [0.5, 0.6) is 11.5 Å². The number of hydrogen-bond acceptors (Lipinski definition) is 5. The van der Waals surface area contributed by atoms with E-state index in [1.807, 2.05) is 30.3 Å². The molecule has 0 radical (unpaired) electrons. The summed E-state index contributed by atoms with van der Waals surface area (Å²) in [5, 5.41) is 2.36. The van der Waals surface area contributed by atoms with Crippen molar-refractivity contribution in [3.63, 3.8) is 0 Å². The number of nitrogens with one attached hydrogen (secondary N) is 3. The first-order valence-electron chi connectivity index (χ1n) is 8.12. The van der Waals surface area contributed by atoms with Gasteiger partial charge in [0.15, 0.2) is 11.5 Å². The molecule has 0 unspecified atom stereocenters. The molecule has 2 aromatic rings. The summed E-state index contributed by atoms with van der Waals surface area (Å²) >= 11 is 0. The summed E-state index contributed by atoms with van der Waals surface area (Å²) in [6.07, 6.45) is 0.218. The van der Waals surface area contributed by atoms with Crippen LogP contribution < -0.4 is 31.4 Å². The Bertz CT molecular complexity index is 856. The van der Waals surface area contributed by atoms with Crippen molar-refractivity contribution in [1.29, 1.82) is 0 Å². The maximum absolute atomic E-state index is 12.4. The van der Waals surface area contributed by atoms with E-state index in [0.717, 1.165) is 5.56 Å². The van der Waals surface area contributed by atoms with E-state index in [1.165, 1.54) is 12.1 Å². The first kappa shape index (κ1) is 18.1. The van der Waals surface area contributed by atoms with Crippen LogP contribution in [0, 0.1) is 0 Å². The third-order valence-corrected chi connectivity index (χ3v) is 3.85. The average molecular weight is 370 g/mol. The van der Waals surface area contributed by atoms with Crippen molar-refractivity contribution in [2.75, 3.05) is 6.79 Å². The minimum Gasteiger partial charge on any atom is -0.454 e. The average Bonchev–Trinajstić information content (AvgIpc) is 3.13. The number of fused-ring (bicyclic) bond motifs is 1. The van der Waals surface area contributed by atoms with Crippen LogP contribution in [0.4, 0.5) is 4.79 Å². The highest BCUT2D eigenvalue weighted by Gasteiger charge is 2.22. The lowest BCUT2D eigenvalue weighted by Gasteiger charge is -2.17. The maximum Gasteiger partial charge on any atom is 0.312 e. The van der Waals surface area contributed by atoms with E-state index < -0.39 is 23.9 Å². The molecule has 0 fully saturated rings. The second-order valence-electron chi connectivity index (χ2n) is 5.76. The maximum atomic E-state index is 12.4. The van der Waals surface area contributed by atoms with Gasteiger partial charge in [-0.25, -0.2) is 4.79 Å². The van der Waals surface area contributed by atoms with Crippen LogP contribution in [0.15, 0.2) is 48.5 Å². The topological polar surface area (TPSA) is 132 Å². The van der Waals surface area contributed by atoms with Gasteiger partial charge >= 0.3 is 6.03 Å². The van der Waals surface area contributed by atoms with Crippen molar-refractivity contribution < 1.29 is 23.9 Å². The molecule has 0 saturated carbocycles. The van der Waals surface area contributed by atoms with Gasteiger partial charge in [-0.2, -0.15) is 0 Å². The molecule has 0 aliphatic carbocycles. The predicted octanol–water partition coefficient (Wildman–Crippen LogP) is 0.456. The zero-order valence-electron chi connectivity index (χ0n) is 14.2. The Morgan fingerprint density at radius 2 is 1.74 bits per heavy atom. The summed E-state index contributed by atoms with van der Waals surface area (Å²) in [6, 6.07) is 12.0. The van der Waals surface area contributed by atoms with E-state index in [2.05, 4.69) is 16.2 Å². The predicted molar refractivity (Wildman–Crippen MR) is 94.8 cm³/mol. The van der Waals surface area contributed by atoms with Gasteiger partial charge in [0.05, 0.1) is 0 Å². The normalized spacial score (nSPS) is 12.7. The number of carbonyl (C=O) groups is 3. The molecule has 9 nitrogen and oxygen atoms in total. The highest BCUT2D eigenvalue weighted by atomic mass is 16.7. The molecule has 2 aromatic carbocycles. The molecule has 9 heteroatoms. The first-order chi connectivity index (χ1) is 13.0. The zero-order chi connectivity index (χ0) is 19.2. The summed E-state index contributed by atoms with van der Waals surface area (Å²) < 4.78 is 10.4. The van der Waals surface area contributed by atoms with Gasteiger partial charge in [-0.3, -0.25) is 20.4 Å². The van der Waals surface area contributed by atoms with Gasteiger partial charge in [0, 0.05) is 12.0 Å². The largest absolute Gasteiger partial charge is 0.454 e. The van der Waals surface area contributed by atoms with E-state index in [9.17, 15) is 14.4 Å². The van der Waals surface area contributed by atoms with Crippen LogP contribution in [0.25, 0.3) is 0 Å². The summed E-state index contributed by atoms with van der Waals surface area (Å²) in [7, 11) is 0. The van der Waals surface area contributed by atoms with Crippen molar-refractivity contribution in [3.8, 4) is 11.5 Å². The number of benzene rings is 2. The zero-order valence-corrected chi connectivity index (χ0v) is 14.2. The molecule has 1 atom stereocenters. The summed E-state index contributed by atoms with van der Waals surface area (Å²) in [6.45, 7) is 0.0943. The third-order valence-electron chi connectivity index (χ3n) is 3.85. The Hall–Kier alpha value is -3.75. The number of ether oxygens (including phenoxy) is 2. The molecule has 3 rings (SSSR count). The minimum atomic E-state index is -0.943. The summed E-state index contributed by atoms with van der Waals surface area (Å²) in [5.74, 6) is -0.151. The monoisotopic (exact) mass is 370 g/mol. The summed E-state index contributed by atoms with van der Waals surface area (Å²) in [5.41, 5.74) is 10.8. The van der Waals surface area contributed by atoms with Gasteiger partial charge < -0.3 is 20.5 Å². The molecule has 0 bridgehead atoms. The number of nitrogens with two attached hydrogens (primary N) is 1. The number of hydrogen-bond donors (Lipinski definition) is 4. The van der Waals surface area contributed by atoms with Gasteiger partial charge in [-0.1, -0.05) is 30.3 Å². The van der Waals surface area contributed by atoms with Crippen molar-refractivity contribution in [1.82, 2.24) is 16.2 Å². The molecular weight excluding hydrogens is 352 g/mol. The molecule has 1 heterocycles. The molecule has 4 amide bonds. The molecule has 140 valence electrons. The van der Waals surface area contributed by atoms with Crippen LogP contribution in [-0.2, 0) is 11.2 Å². The molecule has 0 spiro atoms. The van der Waals surface area contributed by atoms with E-state index in [0.29, 0.717) is 11.5 Å². The van der Waals surface area contributed by atoms with E-state index in [-0.39, 0.29) is 18.8 Å². The molecule has 0 aromatic heterocycles. The SMILES string of the molecule is NC(=O)N[C@@H](Cc1ccccc1)C(=O)NNC(=O)c1ccc2c(c1)OCO2. The Balaban J connectivity index is 1.61. The van der Waals surface area contributed by atoms with Crippen LogP contribution in [-0.4, -0.2) is 30.7 Å². The number of rotatable bonds is 5. The van der Waals surface area contributed by atoms with Crippen molar-refractivity contribution in [3.05, 3.63) is 59.7 Å². The highest BCUT2D eigenvalue weighted by Crippen LogP contribution is 2.32. The Labute approximate surface area is 154 Å². The lowest BCUT2D eigenvalue weighted by molar-refractivity contribution is -0.123. The quantitative estimate of drug-likeness (QED) is 0.568. The third kappa shape index (κ3) is 4.66. The van der Waals surface area contributed by atoms with E-state index >= 15 is 0 Å². The van der Waals surface area contributed by atoms with Crippen molar-refractivity contribution in [2.45, 2.75) is 12.5 Å². The van der Waals surface area contributed by atoms with Crippen LogP contribution in [0.1, 0.15) is 15.9 Å². The Kier molecular flexibility index (Phi) is 5.41. The van der Waals surface area contributed by atoms with Crippen LogP contribution >= 0.6 is 0 Å². The number of carbonyl (C=O) groups excluding carboxylic acids is 3. The fourth-order valence-corrected chi connectivity index (χ4v) is 2.55. The Morgan fingerprint density at radius 3 is 2.48 bits per heavy atom. The highest BCUT2D eigenvalue weighted by molar-refractivity contribution is 5.97. The van der Waals surface area contributed by atoms with Gasteiger partial charge in [-0.05, 0) is 23.8 Å². The lowest BCUT2D eigenvalue weighted by Crippen LogP contribution is -2.54. The molecule has 1 aliphatic heterocycles. The minimum absolute atomic E-state index is 0.0943. The number of primary amides is 1. The van der Waals surface area contributed by atoms with Crippen molar-refractivity contribution >= 4 is 17.8 Å². The van der Waals surface area contributed by atoms with Gasteiger partial charge in [0.1, 0.15) is 6.04 Å².